The van der Waals surface area contributed by atoms with Crippen LogP contribution in [0.15, 0.2) is 35.7 Å². The summed E-state index contributed by atoms with van der Waals surface area (Å²) in [6.45, 7) is 7.22. The highest BCUT2D eigenvalue weighted by Crippen LogP contribution is 2.24. The number of benzene rings is 1. The molecule has 2 heterocycles. The van der Waals surface area contributed by atoms with Crippen molar-refractivity contribution in [3.05, 3.63) is 47.0 Å². The lowest BCUT2D eigenvalue weighted by Gasteiger charge is -2.32. The summed E-state index contributed by atoms with van der Waals surface area (Å²) in [4.78, 5) is 31.0. The summed E-state index contributed by atoms with van der Waals surface area (Å²) in [5.74, 6) is 0.697. The highest BCUT2D eigenvalue weighted by molar-refractivity contribution is 7.13. The van der Waals surface area contributed by atoms with Crippen molar-refractivity contribution in [2.24, 2.45) is 11.3 Å². The molecule has 0 unspecified atom stereocenters. The molecule has 2 amide bonds. The summed E-state index contributed by atoms with van der Waals surface area (Å²) in [6.07, 6.45) is 3.48. The summed E-state index contributed by atoms with van der Waals surface area (Å²) in [6, 6.07) is 10.6. The molecule has 0 aliphatic carbocycles. The zero-order valence-electron chi connectivity index (χ0n) is 16.9. The van der Waals surface area contributed by atoms with E-state index < -0.39 is 5.41 Å². The number of hydrogen-bond donors (Lipinski definition) is 1. The Bertz CT molecular complexity index is 803. The van der Waals surface area contributed by atoms with Gasteiger partial charge >= 0.3 is 0 Å². The van der Waals surface area contributed by atoms with Crippen molar-refractivity contribution in [3.63, 3.8) is 0 Å². The first-order valence-electron chi connectivity index (χ1n) is 9.89. The Morgan fingerprint density at radius 3 is 2.50 bits per heavy atom. The highest BCUT2D eigenvalue weighted by Gasteiger charge is 2.25. The number of nitrogens with zero attached hydrogens (tertiary/aromatic N) is 2. The van der Waals surface area contributed by atoms with Crippen LogP contribution in [0.4, 0.5) is 5.13 Å². The minimum atomic E-state index is -0.467. The molecule has 1 saturated heterocycles. The van der Waals surface area contributed by atoms with E-state index in [0.29, 0.717) is 17.5 Å². The molecule has 1 N–H and O–H groups in total. The van der Waals surface area contributed by atoms with Gasteiger partial charge in [0.15, 0.2) is 5.13 Å². The number of piperidine rings is 1. The van der Waals surface area contributed by atoms with Crippen molar-refractivity contribution in [3.8, 4) is 0 Å². The van der Waals surface area contributed by atoms with Gasteiger partial charge in [-0.05, 0) is 30.7 Å². The molecule has 1 aliphatic heterocycles. The molecule has 1 aliphatic rings. The van der Waals surface area contributed by atoms with Gasteiger partial charge in [-0.3, -0.25) is 9.59 Å². The lowest BCUT2D eigenvalue weighted by atomic mass is 9.90. The third kappa shape index (κ3) is 5.64. The van der Waals surface area contributed by atoms with E-state index in [9.17, 15) is 9.59 Å². The zero-order chi connectivity index (χ0) is 20.1. The first-order valence-corrected chi connectivity index (χ1v) is 10.8. The molecule has 1 aromatic carbocycles. The highest BCUT2D eigenvalue weighted by atomic mass is 32.1. The second-order valence-electron chi connectivity index (χ2n) is 8.54. The summed E-state index contributed by atoms with van der Waals surface area (Å²) >= 11 is 1.37. The van der Waals surface area contributed by atoms with E-state index in [2.05, 4.69) is 34.6 Å². The number of aromatic nitrogens is 1. The first kappa shape index (κ1) is 20.5. The molecule has 28 heavy (non-hydrogen) atoms. The molecule has 0 radical (unpaired) electrons. The lowest BCUT2D eigenvalue weighted by Crippen LogP contribution is -2.39. The van der Waals surface area contributed by atoms with Crippen LogP contribution in [0.1, 0.15) is 44.9 Å². The van der Waals surface area contributed by atoms with Gasteiger partial charge in [0.25, 0.3) is 0 Å². The average Bonchev–Trinajstić information content (AvgIpc) is 3.09. The van der Waals surface area contributed by atoms with Crippen LogP contribution in [0.5, 0.6) is 0 Å². The van der Waals surface area contributed by atoms with Gasteiger partial charge < -0.3 is 10.2 Å². The smallest absolute Gasteiger partial charge is 0.231 e. The molecule has 1 aromatic heterocycles. The van der Waals surface area contributed by atoms with E-state index in [1.165, 1.54) is 16.9 Å². The van der Waals surface area contributed by atoms with Gasteiger partial charge in [-0.1, -0.05) is 51.1 Å². The molecule has 6 heteroatoms. The third-order valence-corrected chi connectivity index (χ3v) is 5.93. The van der Waals surface area contributed by atoms with Crippen LogP contribution in [0.3, 0.4) is 0 Å². The Labute approximate surface area is 171 Å². The van der Waals surface area contributed by atoms with Gasteiger partial charge in [-0.25, -0.2) is 4.98 Å². The molecule has 0 saturated carbocycles. The first-order chi connectivity index (χ1) is 13.3. The Morgan fingerprint density at radius 2 is 1.86 bits per heavy atom. The number of anilines is 1. The van der Waals surface area contributed by atoms with Gasteiger partial charge in [-0.15, -0.1) is 11.3 Å². The standard InChI is InChI=1S/C22H29N3O2S/c1-22(2,3)20(27)24-21-23-18(15-28-21)14-19(26)25-11-9-17(10-12-25)13-16-7-5-4-6-8-16/h4-8,15,17H,9-14H2,1-3H3,(H,23,24,27). The van der Waals surface area contributed by atoms with Crippen molar-refractivity contribution >= 4 is 28.3 Å². The van der Waals surface area contributed by atoms with Crippen LogP contribution in [0, 0.1) is 11.3 Å². The maximum Gasteiger partial charge on any atom is 0.231 e. The molecule has 3 rings (SSSR count). The second kappa shape index (κ2) is 8.86. The van der Waals surface area contributed by atoms with Crippen LogP contribution < -0.4 is 5.32 Å². The number of carbonyl (C=O) groups excluding carboxylic acids is 2. The maximum atomic E-state index is 12.6. The Kier molecular flexibility index (Phi) is 6.50. The topological polar surface area (TPSA) is 62.3 Å². The summed E-state index contributed by atoms with van der Waals surface area (Å²) < 4.78 is 0. The summed E-state index contributed by atoms with van der Waals surface area (Å²) in [5, 5.41) is 5.25. The molecular formula is C22H29N3O2S. The lowest BCUT2D eigenvalue weighted by molar-refractivity contribution is -0.131. The van der Waals surface area contributed by atoms with Gasteiger partial charge in [-0.2, -0.15) is 0 Å². The zero-order valence-corrected chi connectivity index (χ0v) is 17.7. The van der Waals surface area contributed by atoms with Gasteiger partial charge in [0.05, 0.1) is 12.1 Å². The summed E-state index contributed by atoms with van der Waals surface area (Å²) in [5.41, 5.74) is 1.64. The molecule has 0 bridgehead atoms. The number of rotatable bonds is 5. The van der Waals surface area contributed by atoms with E-state index in [1.807, 2.05) is 37.1 Å². The van der Waals surface area contributed by atoms with Crippen LogP contribution in [-0.2, 0) is 22.4 Å². The summed E-state index contributed by atoms with van der Waals surface area (Å²) in [7, 11) is 0. The van der Waals surface area contributed by atoms with Crippen molar-refractivity contribution in [1.29, 1.82) is 0 Å². The predicted octanol–water partition coefficient (Wildman–Crippen LogP) is 4.15. The number of hydrogen-bond acceptors (Lipinski definition) is 4. The molecular weight excluding hydrogens is 370 g/mol. The largest absolute Gasteiger partial charge is 0.342 e. The van der Waals surface area contributed by atoms with Crippen molar-refractivity contribution < 1.29 is 9.59 Å². The fourth-order valence-corrected chi connectivity index (χ4v) is 4.04. The van der Waals surface area contributed by atoms with Crippen molar-refractivity contribution in [2.45, 2.75) is 46.5 Å². The van der Waals surface area contributed by atoms with Gasteiger partial charge in [0.2, 0.25) is 11.8 Å². The maximum absolute atomic E-state index is 12.6. The number of amides is 2. The van der Waals surface area contributed by atoms with E-state index >= 15 is 0 Å². The van der Waals surface area contributed by atoms with E-state index in [4.69, 9.17) is 0 Å². The minimum absolute atomic E-state index is 0.0692. The minimum Gasteiger partial charge on any atom is -0.342 e. The SMILES string of the molecule is CC(C)(C)C(=O)Nc1nc(CC(=O)N2CCC(Cc3ccccc3)CC2)cs1. The monoisotopic (exact) mass is 399 g/mol. The Balaban J connectivity index is 1.46. The molecule has 1 fully saturated rings. The fraction of sp³-hybridized carbons (Fsp3) is 0.500. The van der Waals surface area contributed by atoms with Crippen LogP contribution in [0.2, 0.25) is 0 Å². The van der Waals surface area contributed by atoms with Crippen molar-refractivity contribution in [2.75, 3.05) is 18.4 Å². The number of thiazole rings is 1. The van der Waals surface area contributed by atoms with E-state index in [0.717, 1.165) is 38.0 Å². The Morgan fingerprint density at radius 1 is 1.18 bits per heavy atom. The van der Waals surface area contributed by atoms with Gasteiger partial charge in [0, 0.05) is 23.9 Å². The predicted molar refractivity (Wildman–Crippen MR) is 113 cm³/mol. The normalized spacial score (nSPS) is 15.5. The quantitative estimate of drug-likeness (QED) is 0.821. The number of likely N-dealkylation sites (tertiary alicyclic amines) is 1. The number of carbonyl (C=O) groups is 2. The number of nitrogens with one attached hydrogen (secondary N) is 1. The molecule has 0 atom stereocenters. The van der Waals surface area contributed by atoms with Gasteiger partial charge in [0.1, 0.15) is 0 Å². The Hall–Kier alpha value is -2.21. The van der Waals surface area contributed by atoms with Crippen LogP contribution >= 0.6 is 11.3 Å². The third-order valence-electron chi connectivity index (χ3n) is 5.12. The van der Waals surface area contributed by atoms with E-state index in [-0.39, 0.29) is 11.8 Å². The molecule has 2 aromatic rings. The van der Waals surface area contributed by atoms with Crippen LogP contribution in [-0.4, -0.2) is 34.8 Å². The fourth-order valence-electron chi connectivity index (χ4n) is 3.33. The molecule has 150 valence electrons. The van der Waals surface area contributed by atoms with E-state index in [1.54, 1.807) is 0 Å². The van der Waals surface area contributed by atoms with Crippen molar-refractivity contribution in [1.82, 2.24) is 9.88 Å². The second-order valence-corrected chi connectivity index (χ2v) is 9.40. The van der Waals surface area contributed by atoms with Crippen LogP contribution in [0.25, 0.3) is 0 Å². The molecule has 5 nitrogen and oxygen atoms in total. The molecule has 0 spiro atoms. The average molecular weight is 400 g/mol.